The average Bonchev–Trinajstić information content (AvgIpc) is 2.93. The standard InChI is InChI=1S/C31H35N3O5/c1-21-6-5-7-24(20-21)29(22-10-12-23(13-11-22)30(37)32-19-18-28(35)36)34-31(38)33-25-14-16-27(17-15-25)39-26-8-3-2-4-9-26/h2-4,8-17,21,24,29H,5-7,18-20H2,1H3,(H,32,37)(H,35,36)(H2,33,34,38). The molecular formula is C31H35N3O5. The Morgan fingerprint density at radius 1 is 0.923 bits per heavy atom. The maximum absolute atomic E-state index is 13.1. The number of carboxylic acid groups (broad SMARTS) is 1. The Bertz CT molecular complexity index is 1250. The van der Waals surface area contributed by atoms with Gasteiger partial charge in [0.25, 0.3) is 5.91 Å². The highest BCUT2D eigenvalue weighted by Crippen LogP contribution is 2.37. The Morgan fingerprint density at radius 2 is 1.62 bits per heavy atom. The lowest BCUT2D eigenvalue weighted by atomic mass is 9.76. The van der Waals surface area contributed by atoms with Gasteiger partial charge in [0.2, 0.25) is 0 Å². The second kappa shape index (κ2) is 13.5. The van der Waals surface area contributed by atoms with E-state index in [2.05, 4.69) is 22.9 Å². The Labute approximate surface area is 228 Å². The zero-order valence-corrected chi connectivity index (χ0v) is 22.1. The summed E-state index contributed by atoms with van der Waals surface area (Å²) in [5, 5.41) is 17.5. The first-order valence-corrected chi connectivity index (χ1v) is 13.4. The molecule has 0 aromatic heterocycles. The van der Waals surface area contributed by atoms with E-state index in [4.69, 9.17) is 9.84 Å². The zero-order valence-electron chi connectivity index (χ0n) is 22.1. The Morgan fingerprint density at radius 3 is 2.28 bits per heavy atom. The number of para-hydroxylation sites is 1. The molecule has 0 aliphatic heterocycles. The van der Waals surface area contributed by atoms with Crippen LogP contribution in [0.1, 0.15) is 61.0 Å². The molecule has 1 saturated carbocycles. The number of hydrogen-bond acceptors (Lipinski definition) is 4. The van der Waals surface area contributed by atoms with Gasteiger partial charge in [-0.2, -0.15) is 0 Å². The van der Waals surface area contributed by atoms with Gasteiger partial charge >= 0.3 is 12.0 Å². The third kappa shape index (κ3) is 8.33. The second-order valence-electron chi connectivity index (χ2n) is 10.1. The minimum absolute atomic E-state index is 0.0690. The van der Waals surface area contributed by atoms with Crippen molar-refractivity contribution in [3.8, 4) is 11.5 Å². The number of ether oxygens (including phenoxy) is 1. The maximum atomic E-state index is 13.1. The SMILES string of the molecule is CC1CCCC(C(NC(=O)Nc2ccc(Oc3ccccc3)cc2)c2ccc(C(=O)NCCC(=O)O)cc2)C1. The summed E-state index contributed by atoms with van der Waals surface area (Å²) in [4.78, 5) is 36.1. The number of rotatable bonds is 10. The van der Waals surface area contributed by atoms with Crippen LogP contribution in [0.3, 0.4) is 0 Å². The first-order chi connectivity index (χ1) is 18.9. The van der Waals surface area contributed by atoms with Gasteiger partial charge in [-0.05, 0) is 78.8 Å². The van der Waals surface area contributed by atoms with E-state index in [0.717, 1.165) is 30.6 Å². The lowest BCUT2D eigenvalue weighted by Gasteiger charge is -2.34. The van der Waals surface area contributed by atoms with Gasteiger partial charge < -0.3 is 25.8 Å². The largest absolute Gasteiger partial charge is 0.481 e. The van der Waals surface area contributed by atoms with Crippen molar-refractivity contribution < 1.29 is 24.2 Å². The minimum atomic E-state index is -0.962. The van der Waals surface area contributed by atoms with Crippen LogP contribution in [0.2, 0.25) is 0 Å². The van der Waals surface area contributed by atoms with Crippen molar-refractivity contribution in [1.29, 1.82) is 0 Å². The Kier molecular flexibility index (Phi) is 9.56. The molecule has 3 aromatic rings. The number of amides is 3. The predicted octanol–water partition coefficient (Wildman–Crippen LogP) is 6.37. The molecule has 1 fully saturated rings. The van der Waals surface area contributed by atoms with Crippen molar-refractivity contribution in [2.45, 2.75) is 45.1 Å². The van der Waals surface area contributed by atoms with Crippen LogP contribution < -0.4 is 20.7 Å². The number of anilines is 1. The molecule has 4 N–H and O–H groups in total. The van der Waals surface area contributed by atoms with E-state index < -0.39 is 5.97 Å². The first kappa shape index (κ1) is 27.7. The fourth-order valence-corrected chi connectivity index (χ4v) is 5.02. The number of carbonyl (C=O) groups is 3. The molecule has 8 nitrogen and oxygen atoms in total. The van der Waals surface area contributed by atoms with Crippen molar-refractivity contribution >= 4 is 23.6 Å². The lowest BCUT2D eigenvalue weighted by molar-refractivity contribution is -0.136. The van der Waals surface area contributed by atoms with Gasteiger partial charge in [0.05, 0.1) is 12.5 Å². The molecule has 39 heavy (non-hydrogen) atoms. The summed E-state index contributed by atoms with van der Waals surface area (Å²) in [7, 11) is 0. The van der Waals surface area contributed by atoms with Crippen LogP contribution in [0.15, 0.2) is 78.9 Å². The predicted molar refractivity (Wildman–Crippen MR) is 150 cm³/mol. The van der Waals surface area contributed by atoms with E-state index >= 15 is 0 Å². The number of carbonyl (C=O) groups excluding carboxylic acids is 2. The van der Waals surface area contributed by atoms with Crippen LogP contribution in [-0.4, -0.2) is 29.6 Å². The second-order valence-corrected chi connectivity index (χ2v) is 10.1. The summed E-state index contributed by atoms with van der Waals surface area (Å²) < 4.78 is 5.83. The number of carboxylic acids is 1. The summed E-state index contributed by atoms with van der Waals surface area (Å²) in [5.74, 6) is 0.980. The van der Waals surface area contributed by atoms with Gasteiger partial charge in [-0.3, -0.25) is 9.59 Å². The van der Waals surface area contributed by atoms with E-state index in [1.807, 2.05) is 54.6 Å². The molecule has 0 bridgehead atoms. The molecule has 4 rings (SSSR count). The highest BCUT2D eigenvalue weighted by atomic mass is 16.5. The van der Waals surface area contributed by atoms with E-state index in [9.17, 15) is 14.4 Å². The van der Waals surface area contributed by atoms with Gasteiger partial charge in [-0.25, -0.2) is 4.79 Å². The van der Waals surface area contributed by atoms with Crippen molar-refractivity contribution in [3.05, 3.63) is 90.0 Å². The number of benzene rings is 3. The normalized spacial score (nSPS) is 17.5. The number of urea groups is 1. The van der Waals surface area contributed by atoms with Crippen LogP contribution in [0.5, 0.6) is 11.5 Å². The highest BCUT2D eigenvalue weighted by Gasteiger charge is 2.29. The van der Waals surface area contributed by atoms with Gasteiger partial charge in [0.15, 0.2) is 0 Å². The maximum Gasteiger partial charge on any atom is 0.319 e. The molecule has 3 unspecified atom stereocenters. The fraction of sp³-hybridized carbons (Fsp3) is 0.323. The first-order valence-electron chi connectivity index (χ1n) is 13.4. The van der Waals surface area contributed by atoms with Crippen molar-refractivity contribution in [2.24, 2.45) is 11.8 Å². The third-order valence-electron chi connectivity index (χ3n) is 6.98. The molecule has 3 atom stereocenters. The summed E-state index contributed by atoms with van der Waals surface area (Å²) in [6, 6.07) is 23.4. The van der Waals surface area contributed by atoms with E-state index in [1.165, 1.54) is 6.42 Å². The number of nitrogens with one attached hydrogen (secondary N) is 3. The summed E-state index contributed by atoms with van der Waals surface area (Å²) >= 11 is 0. The Hall–Kier alpha value is -4.33. The fourth-order valence-electron chi connectivity index (χ4n) is 5.02. The van der Waals surface area contributed by atoms with E-state index in [-0.39, 0.29) is 36.9 Å². The molecule has 0 heterocycles. The zero-order chi connectivity index (χ0) is 27.6. The third-order valence-corrected chi connectivity index (χ3v) is 6.98. The molecule has 0 radical (unpaired) electrons. The van der Waals surface area contributed by atoms with E-state index in [0.29, 0.717) is 22.9 Å². The van der Waals surface area contributed by atoms with Crippen molar-refractivity contribution in [3.63, 3.8) is 0 Å². The molecular weight excluding hydrogens is 494 g/mol. The van der Waals surface area contributed by atoms with Crippen molar-refractivity contribution in [1.82, 2.24) is 10.6 Å². The number of aliphatic carboxylic acids is 1. The van der Waals surface area contributed by atoms with Gasteiger partial charge in [0, 0.05) is 17.8 Å². The molecule has 1 aliphatic rings. The van der Waals surface area contributed by atoms with Crippen LogP contribution in [0, 0.1) is 11.8 Å². The van der Waals surface area contributed by atoms with Crippen molar-refractivity contribution in [2.75, 3.05) is 11.9 Å². The summed E-state index contributed by atoms with van der Waals surface area (Å²) in [5.41, 5.74) is 2.03. The van der Waals surface area contributed by atoms with Gasteiger partial charge in [-0.15, -0.1) is 0 Å². The summed E-state index contributed by atoms with van der Waals surface area (Å²) in [6.07, 6.45) is 4.18. The molecule has 3 amide bonds. The highest BCUT2D eigenvalue weighted by molar-refractivity contribution is 5.94. The number of hydrogen-bond donors (Lipinski definition) is 4. The van der Waals surface area contributed by atoms with E-state index in [1.54, 1.807) is 24.3 Å². The molecule has 204 valence electrons. The molecule has 8 heteroatoms. The minimum Gasteiger partial charge on any atom is -0.481 e. The van der Waals surface area contributed by atoms with Crippen LogP contribution in [0.25, 0.3) is 0 Å². The molecule has 3 aromatic carbocycles. The lowest BCUT2D eigenvalue weighted by Crippen LogP contribution is -2.38. The molecule has 0 spiro atoms. The average molecular weight is 530 g/mol. The van der Waals surface area contributed by atoms with Gasteiger partial charge in [-0.1, -0.05) is 50.1 Å². The summed E-state index contributed by atoms with van der Waals surface area (Å²) in [6.45, 7) is 2.31. The van der Waals surface area contributed by atoms with Crippen LogP contribution >= 0.6 is 0 Å². The smallest absolute Gasteiger partial charge is 0.319 e. The molecule has 1 aliphatic carbocycles. The quantitative estimate of drug-likeness (QED) is 0.243. The van der Waals surface area contributed by atoms with Gasteiger partial charge in [0.1, 0.15) is 11.5 Å². The topological polar surface area (TPSA) is 117 Å². The molecule has 0 saturated heterocycles. The Balaban J connectivity index is 1.41. The monoisotopic (exact) mass is 529 g/mol. The van der Waals surface area contributed by atoms with Crippen LogP contribution in [-0.2, 0) is 4.79 Å². The van der Waals surface area contributed by atoms with Crippen LogP contribution in [0.4, 0.5) is 10.5 Å².